The van der Waals surface area contributed by atoms with Gasteiger partial charge in [0.2, 0.25) is 0 Å². The Kier molecular flexibility index (Phi) is 5.34. The molecule has 3 heteroatoms. The number of thiocarbonyl (C=S) groups is 1. The second-order valence-electron chi connectivity index (χ2n) is 5.28. The standard InChI is InChI=1S/C18H22N2S/c1-4-16(15-11-9-13(2)10-12-15)19-18(21)20-17-8-6-5-7-14(17)3/h5-12,16H,4H2,1-3H3,(H2,19,20,21)/t16-/m0/s1. The van der Waals surface area contributed by atoms with Gasteiger partial charge in [-0.25, -0.2) is 0 Å². The lowest BCUT2D eigenvalue weighted by atomic mass is 10.0. The van der Waals surface area contributed by atoms with Crippen molar-refractivity contribution in [3.63, 3.8) is 0 Å². The molecule has 0 fully saturated rings. The van der Waals surface area contributed by atoms with Crippen molar-refractivity contribution >= 4 is 23.0 Å². The molecule has 2 N–H and O–H groups in total. The van der Waals surface area contributed by atoms with E-state index in [-0.39, 0.29) is 6.04 Å². The summed E-state index contributed by atoms with van der Waals surface area (Å²) in [5.74, 6) is 0. The maximum absolute atomic E-state index is 5.44. The van der Waals surface area contributed by atoms with Gasteiger partial charge in [-0.3, -0.25) is 0 Å². The summed E-state index contributed by atoms with van der Waals surface area (Å²) in [6, 6.07) is 17.0. The van der Waals surface area contributed by atoms with Crippen molar-refractivity contribution in [2.75, 3.05) is 5.32 Å². The van der Waals surface area contributed by atoms with E-state index in [4.69, 9.17) is 12.2 Å². The lowest BCUT2D eigenvalue weighted by Crippen LogP contribution is -2.32. The average Bonchev–Trinajstić information content (AvgIpc) is 2.48. The fourth-order valence-corrected chi connectivity index (χ4v) is 2.50. The van der Waals surface area contributed by atoms with Crippen LogP contribution in [0.15, 0.2) is 48.5 Å². The second-order valence-corrected chi connectivity index (χ2v) is 5.69. The molecule has 1 atom stereocenters. The van der Waals surface area contributed by atoms with Gasteiger partial charge in [-0.15, -0.1) is 0 Å². The van der Waals surface area contributed by atoms with E-state index >= 15 is 0 Å². The lowest BCUT2D eigenvalue weighted by Gasteiger charge is -2.20. The van der Waals surface area contributed by atoms with E-state index in [9.17, 15) is 0 Å². The van der Waals surface area contributed by atoms with E-state index in [1.807, 2.05) is 18.2 Å². The number of hydrogen-bond donors (Lipinski definition) is 2. The largest absolute Gasteiger partial charge is 0.356 e. The van der Waals surface area contributed by atoms with Gasteiger partial charge in [0.05, 0.1) is 6.04 Å². The van der Waals surface area contributed by atoms with Crippen molar-refractivity contribution in [1.29, 1.82) is 0 Å². The van der Waals surface area contributed by atoms with Gasteiger partial charge >= 0.3 is 0 Å². The molecule has 0 heterocycles. The molecule has 110 valence electrons. The summed E-state index contributed by atoms with van der Waals surface area (Å²) in [4.78, 5) is 0. The first-order valence-electron chi connectivity index (χ1n) is 7.30. The molecule has 0 amide bonds. The van der Waals surface area contributed by atoms with Crippen LogP contribution in [0.2, 0.25) is 0 Å². The zero-order valence-electron chi connectivity index (χ0n) is 12.8. The highest BCUT2D eigenvalue weighted by Gasteiger charge is 2.10. The fraction of sp³-hybridized carbons (Fsp3) is 0.278. The van der Waals surface area contributed by atoms with E-state index in [2.05, 4.69) is 61.7 Å². The monoisotopic (exact) mass is 298 g/mol. The molecule has 2 aromatic carbocycles. The third kappa shape index (κ3) is 4.30. The molecule has 21 heavy (non-hydrogen) atoms. The molecular weight excluding hydrogens is 276 g/mol. The number of nitrogens with one attached hydrogen (secondary N) is 2. The van der Waals surface area contributed by atoms with Gasteiger partial charge in [-0.1, -0.05) is 55.0 Å². The van der Waals surface area contributed by atoms with Crippen molar-refractivity contribution in [2.45, 2.75) is 33.2 Å². The number of anilines is 1. The van der Waals surface area contributed by atoms with Gasteiger partial charge < -0.3 is 10.6 Å². The predicted octanol–water partition coefficient (Wildman–Crippen LogP) is 4.74. The highest BCUT2D eigenvalue weighted by atomic mass is 32.1. The van der Waals surface area contributed by atoms with Crippen LogP contribution < -0.4 is 10.6 Å². The van der Waals surface area contributed by atoms with Crippen LogP contribution in [0.3, 0.4) is 0 Å². The third-order valence-corrected chi connectivity index (χ3v) is 3.81. The van der Waals surface area contributed by atoms with Crippen LogP contribution in [0.5, 0.6) is 0 Å². The van der Waals surface area contributed by atoms with Crippen molar-refractivity contribution in [3.8, 4) is 0 Å². The molecule has 0 aromatic heterocycles. The summed E-state index contributed by atoms with van der Waals surface area (Å²) in [5.41, 5.74) is 4.77. The van der Waals surface area contributed by atoms with Crippen molar-refractivity contribution in [3.05, 3.63) is 65.2 Å². The van der Waals surface area contributed by atoms with Crippen LogP contribution in [0.1, 0.15) is 36.1 Å². The molecule has 0 saturated heterocycles. The molecule has 2 aromatic rings. The first-order valence-corrected chi connectivity index (χ1v) is 7.70. The van der Waals surface area contributed by atoms with E-state index in [0.717, 1.165) is 12.1 Å². The van der Waals surface area contributed by atoms with Crippen molar-refractivity contribution < 1.29 is 0 Å². The molecule has 0 unspecified atom stereocenters. The molecule has 2 rings (SSSR count). The molecule has 0 radical (unpaired) electrons. The number of para-hydroxylation sites is 1. The molecular formula is C18H22N2S. The highest BCUT2D eigenvalue weighted by Crippen LogP contribution is 2.18. The van der Waals surface area contributed by atoms with Crippen LogP contribution in [-0.2, 0) is 0 Å². The number of hydrogen-bond acceptors (Lipinski definition) is 1. The maximum Gasteiger partial charge on any atom is 0.171 e. The van der Waals surface area contributed by atoms with Gasteiger partial charge in [0, 0.05) is 5.69 Å². The van der Waals surface area contributed by atoms with Gasteiger partial charge in [-0.05, 0) is 49.7 Å². The Morgan fingerprint density at radius 2 is 1.71 bits per heavy atom. The summed E-state index contributed by atoms with van der Waals surface area (Å²) < 4.78 is 0. The Morgan fingerprint density at radius 3 is 2.33 bits per heavy atom. The van der Waals surface area contributed by atoms with E-state index in [0.29, 0.717) is 5.11 Å². The van der Waals surface area contributed by atoms with Gasteiger partial charge in [-0.2, -0.15) is 0 Å². The molecule has 0 spiro atoms. The predicted molar refractivity (Wildman–Crippen MR) is 94.7 cm³/mol. The summed E-state index contributed by atoms with van der Waals surface area (Å²) in [7, 11) is 0. The molecule has 0 bridgehead atoms. The Labute approximate surface area is 132 Å². The quantitative estimate of drug-likeness (QED) is 0.797. The number of rotatable bonds is 4. The molecule has 2 nitrogen and oxygen atoms in total. The average molecular weight is 298 g/mol. The smallest absolute Gasteiger partial charge is 0.171 e. The topological polar surface area (TPSA) is 24.1 Å². The SMILES string of the molecule is CC[C@H](NC(=S)Nc1ccccc1C)c1ccc(C)cc1. The van der Waals surface area contributed by atoms with Crippen LogP contribution in [0.4, 0.5) is 5.69 Å². The Bertz CT molecular complexity index is 605. The Balaban J connectivity index is 2.03. The minimum atomic E-state index is 0.231. The Hall–Kier alpha value is -1.87. The Morgan fingerprint density at radius 1 is 1.05 bits per heavy atom. The number of benzene rings is 2. The van der Waals surface area contributed by atoms with Crippen LogP contribution >= 0.6 is 12.2 Å². The zero-order valence-corrected chi connectivity index (χ0v) is 13.6. The zero-order chi connectivity index (χ0) is 15.2. The minimum absolute atomic E-state index is 0.231. The third-order valence-electron chi connectivity index (χ3n) is 3.59. The summed E-state index contributed by atoms with van der Waals surface area (Å²) >= 11 is 5.44. The summed E-state index contributed by atoms with van der Waals surface area (Å²) in [5, 5.41) is 7.34. The van der Waals surface area contributed by atoms with E-state index in [1.54, 1.807) is 0 Å². The molecule has 0 aliphatic heterocycles. The van der Waals surface area contributed by atoms with Crippen LogP contribution in [-0.4, -0.2) is 5.11 Å². The molecule has 0 aliphatic rings. The number of aryl methyl sites for hydroxylation is 2. The van der Waals surface area contributed by atoms with Gasteiger partial charge in [0.1, 0.15) is 0 Å². The van der Waals surface area contributed by atoms with Gasteiger partial charge in [0.15, 0.2) is 5.11 Å². The van der Waals surface area contributed by atoms with E-state index in [1.165, 1.54) is 16.7 Å². The second kappa shape index (κ2) is 7.23. The first-order chi connectivity index (χ1) is 10.1. The van der Waals surface area contributed by atoms with Gasteiger partial charge in [0.25, 0.3) is 0 Å². The first kappa shape index (κ1) is 15.5. The summed E-state index contributed by atoms with van der Waals surface area (Å²) in [6.07, 6.45) is 0.985. The molecule has 0 aliphatic carbocycles. The highest BCUT2D eigenvalue weighted by molar-refractivity contribution is 7.80. The van der Waals surface area contributed by atoms with Crippen molar-refractivity contribution in [2.24, 2.45) is 0 Å². The maximum atomic E-state index is 5.44. The minimum Gasteiger partial charge on any atom is -0.356 e. The van der Waals surface area contributed by atoms with E-state index < -0.39 is 0 Å². The fourth-order valence-electron chi connectivity index (χ4n) is 2.25. The summed E-state index contributed by atoms with van der Waals surface area (Å²) in [6.45, 7) is 6.33. The van der Waals surface area contributed by atoms with Crippen LogP contribution in [0, 0.1) is 13.8 Å². The van der Waals surface area contributed by atoms with Crippen LogP contribution in [0.25, 0.3) is 0 Å². The molecule has 0 saturated carbocycles. The normalized spacial score (nSPS) is 11.8. The lowest BCUT2D eigenvalue weighted by molar-refractivity contribution is 0.629. The van der Waals surface area contributed by atoms with Crippen molar-refractivity contribution in [1.82, 2.24) is 5.32 Å².